The predicted molar refractivity (Wildman–Crippen MR) is 247 cm³/mol. The number of quaternary nitrogens is 1. The molecule has 3 atom stereocenters. The summed E-state index contributed by atoms with van der Waals surface area (Å²) in [6.45, 7) is 4.56. The summed E-state index contributed by atoms with van der Waals surface area (Å²) < 4.78 is 23.2. The number of rotatable bonds is 41. The fourth-order valence-electron chi connectivity index (χ4n) is 6.28. The first-order valence-electron chi connectivity index (χ1n) is 23.3. The van der Waals surface area contributed by atoms with Crippen LogP contribution in [0.25, 0.3) is 0 Å². The van der Waals surface area contributed by atoms with Crippen molar-refractivity contribution in [3.05, 3.63) is 72.9 Å². The van der Waals surface area contributed by atoms with Crippen LogP contribution in [0.2, 0.25) is 0 Å². The highest BCUT2D eigenvalue weighted by Crippen LogP contribution is 2.38. The Kier molecular flexibility index (Phi) is 38.9. The smallest absolute Gasteiger partial charge is 0.268 e. The zero-order valence-electron chi connectivity index (χ0n) is 38.0. The van der Waals surface area contributed by atoms with Gasteiger partial charge >= 0.3 is 0 Å². The fraction of sp³-hybridized carbons (Fsp3) is 0.735. The first-order chi connectivity index (χ1) is 28.0. The Bertz CT molecular complexity index is 1170. The summed E-state index contributed by atoms with van der Waals surface area (Å²) in [7, 11) is 1.28. The lowest BCUT2D eigenvalue weighted by Crippen LogP contribution is -2.46. The Morgan fingerprint density at radius 3 is 1.53 bits per heavy atom. The quantitative estimate of drug-likeness (QED) is 0.0275. The third kappa shape index (κ3) is 42.1. The second-order valence-corrected chi connectivity index (χ2v) is 18.1. The lowest BCUT2D eigenvalue weighted by molar-refractivity contribution is -0.870. The van der Waals surface area contributed by atoms with Crippen molar-refractivity contribution in [2.45, 2.75) is 193 Å². The van der Waals surface area contributed by atoms with Gasteiger partial charge in [0.25, 0.3) is 7.82 Å². The Morgan fingerprint density at radius 1 is 0.621 bits per heavy atom. The van der Waals surface area contributed by atoms with Crippen LogP contribution in [-0.4, -0.2) is 68.5 Å². The second-order valence-electron chi connectivity index (χ2n) is 16.7. The molecule has 0 aliphatic rings. The number of amides is 1. The van der Waals surface area contributed by atoms with Gasteiger partial charge in [-0.1, -0.05) is 183 Å². The highest BCUT2D eigenvalue weighted by molar-refractivity contribution is 7.45. The van der Waals surface area contributed by atoms with Crippen molar-refractivity contribution < 1.29 is 32.9 Å². The zero-order chi connectivity index (χ0) is 42.8. The van der Waals surface area contributed by atoms with Gasteiger partial charge < -0.3 is 28.8 Å². The van der Waals surface area contributed by atoms with Gasteiger partial charge in [0.05, 0.1) is 39.9 Å². The molecule has 0 saturated carbocycles. The molecule has 0 spiro atoms. The van der Waals surface area contributed by atoms with Crippen molar-refractivity contribution in [3.8, 4) is 0 Å². The van der Waals surface area contributed by atoms with Gasteiger partial charge in [0.15, 0.2) is 0 Å². The van der Waals surface area contributed by atoms with Crippen LogP contribution in [0.3, 0.4) is 0 Å². The van der Waals surface area contributed by atoms with E-state index < -0.39 is 20.0 Å². The average Bonchev–Trinajstić information content (AvgIpc) is 3.17. The Morgan fingerprint density at radius 2 is 1.05 bits per heavy atom. The first kappa shape index (κ1) is 55.9. The van der Waals surface area contributed by atoms with Crippen LogP contribution in [0.15, 0.2) is 72.9 Å². The molecule has 0 heterocycles. The molecule has 1 amide bonds. The topological polar surface area (TPSA) is 108 Å². The second kappa shape index (κ2) is 40.4. The van der Waals surface area contributed by atoms with Crippen LogP contribution in [0.5, 0.6) is 0 Å². The molecule has 58 heavy (non-hydrogen) atoms. The number of aliphatic hydroxyl groups excluding tert-OH is 1. The summed E-state index contributed by atoms with van der Waals surface area (Å²) in [6.07, 6.45) is 53.4. The largest absolute Gasteiger partial charge is 0.756 e. The van der Waals surface area contributed by atoms with E-state index in [4.69, 9.17) is 9.05 Å². The monoisotopic (exact) mass is 833 g/mol. The van der Waals surface area contributed by atoms with Gasteiger partial charge in [-0.2, -0.15) is 0 Å². The van der Waals surface area contributed by atoms with E-state index in [-0.39, 0.29) is 19.1 Å². The van der Waals surface area contributed by atoms with E-state index in [0.29, 0.717) is 23.9 Å². The van der Waals surface area contributed by atoms with Gasteiger partial charge in [-0.15, -0.1) is 0 Å². The van der Waals surface area contributed by atoms with Crippen LogP contribution < -0.4 is 10.2 Å². The molecule has 8 nitrogen and oxygen atoms in total. The minimum Gasteiger partial charge on any atom is -0.756 e. The first-order valence-corrected chi connectivity index (χ1v) is 24.7. The maximum atomic E-state index is 12.9. The van der Waals surface area contributed by atoms with Crippen molar-refractivity contribution >= 4 is 13.7 Å². The van der Waals surface area contributed by atoms with Gasteiger partial charge in [-0.25, -0.2) is 0 Å². The third-order valence-electron chi connectivity index (χ3n) is 9.96. The normalized spacial score (nSPS) is 14.9. The van der Waals surface area contributed by atoms with Crippen LogP contribution in [0.4, 0.5) is 0 Å². The summed E-state index contributed by atoms with van der Waals surface area (Å²) in [5.74, 6) is -0.184. The zero-order valence-corrected chi connectivity index (χ0v) is 38.9. The highest BCUT2D eigenvalue weighted by Gasteiger charge is 2.24. The molecule has 0 radical (unpaired) electrons. The molecule has 336 valence electrons. The summed E-state index contributed by atoms with van der Waals surface area (Å²) >= 11 is 0. The summed E-state index contributed by atoms with van der Waals surface area (Å²) in [5.41, 5.74) is 0. The number of nitrogens with zero attached hydrogens (tertiary/aromatic N) is 1. The third-order valence-corrected chi connectivity index (χ3v) is 10.9. The number of phosphoric ester groups is 1. The highest BCUT2D eigenvalue weighted by atomic mass is 31.2. The average molecular weight is 833 g/mol. The Balaban J connectivity index is 4.30. The fourth-order valence-corrected chi connectivity index (χ4v) is 7.00. The number of phosphoric acid groups is 1. The van der Waals surface area contributed by atoms with Crippen molar-refractivity contribution in [3.63, 3.8) is 0 Å². The number of nitrogens with one attached hydrogen (secondary N) is 1. The van der Waals surface area contributed by atoms with Gasteiger partial charge in [0.2, 0.25) is 5.91 Å². The standard InChI is InChI=1S/C49H89N2O6P/c1-6-8-10-12-14-16-18-19-20-21-22-23-24-25-26-27-28-29-30-31-33-35-37-39-41-43-49(53)50-47(46-57-58(54,55)56-45-44-51(3,4)5)48(52)42-40-38-36-34-32-17-15-13-11-9-7-2/h8,10,14,16,19-20,22-23,25-26,28-29,47-48,52H,6-7,9,11-13,15,17-18,21,24,27,30-46H2,1-5H3,(H-,50,53,54,55)/b10-8-,16-14-,20-19-,23-22-,26-25-,29-28-. The molecule has 0 aromatic carbocycles. The van der Waals surface area contributed by atoms with E-state index in [0.717, 1.165) is 89.9 Å². The lowest BCUT2D eigenvalue weighted by Gasteiger charge is -2.30. The molecule has 0 aromatic heterocycles. The van der Waals surface area contributed by atoms with Gasteiger partial charge in [-0.05, 0) is 64.2 Å². The van der Waals surface area contributed by atoms with Crippen LogP contribution in [0.1, 0.15) is 181 Å². The lowest BCUT2D eigenvalue weighted by atomic mass is 10.0. The number of likely N-dealkylation sites (N-methyl/N-ethyl adjacent to an activating group) is 1. The number of allylic oxidation sites excluding steroid dienone is 12. The maximum Gasteiger partial charge on any atom is 0.268 e. The maximum absolute atomic E-state index is 12.9. The molecule has 0 aliphatic carbocycles. The molecule has 0 fully saturated rings. The van der Waals surface area contributed by atoms with E-state index >= 15 is 0 Å². The van der Waals surface area contributed by atoms with E-state index in [1.807, 2.05) is 21.1 Å². The predicted octanol–water partition coefficient (Wildman–Crippen LogP) is 12.6. The van der Waals surface area contributed by atoms with E-state index in [1.165, 1.54) is 64.2 Å². The van der Waals surface area contributed by atoms with Gasteiger partial charge in [-0.3, -0.25) is 9.36 Å². The molecular weight excluding hydrogens is 744 g/mol. The molecule has 9 heteroatoms. The molecule has 0 aliphatic heterocycles. The van der Waals surface area contributed by atoms with E-state index in [1.54, 1.807) is 0 Å². The van der Waals surface area contributed by atoms with Crippen LogP contribution in [-0.2, 0) is 18.4 Å². The van der Waals surface area contributed by atoms with Crippen molar-refractivity contribution in [1.82, 2.24) is 5.32 Å². The SMILES string of the molecule is CC/C=C\C/C=C\C/C=C\C/C=C\C/C=C\C/C=C\CCCCCCCCC(=O)NC(COP(=O)([O-])OCC[N+](C)(C)C)C(O)CCCCCCCCCCCCC. The minimum atomic E-state index is -4.57. The summed E-state index contributed by atoms with van der Waals surface area (Å²) in [5, 5.41) is 13.9. The van der Waals surface area contributed by atoms with Crippen LogP contribution in [0, 0.1) is 0 Å². The molecule has 0 bridgehead atoms. The Hall–Kier alpha value is -2.06. The Labute approximate surface area is 357 Å². The molecule has 3 unspecified atom stereocenters. The molecule has 2 N–H and O–H groups in total. The number of hydrogen-bond donors (Lipinski definition) is 2. The van der Waals surface area contributed by atoms with E-state index in [9.17, 15) is 19.4 Å². The molecule has 0 saturated heterocycles. The molecule has 0 aromatic rings. The van der Waals surface area contributed by atoms with Gasteiger partial charge in [0.1, 0.15) is 13.2 Å². The number of carbonyl (C=O) groups excluding carboxylic acids is 1. The minimum absolute atomic E-state index is 0.00506. The van der Waals surface area contributed by atoms with Gasteiger partial charge in [0, 0.05) is 6.42 Å². The molecular formula is C49H89N2O6P. The summed E-state index contributed by atoms with van der Waals surface area (Å²) in [4.78, 5) is 25.3. The van der Waals surface area contributed by atoms with Crippen molar-refractivity contribution in [2.75, 3.05) is 40.9 Å². The van der Waals surface area contributed by atoms with E-state index in [2.05, 4.69) is 92.1 Å². The van der Waals surface area contributed by atoms with Crippen molar-refractivity contribution in [2.24, 2.45) is 0 Å². The number of unbranched alkanes of at least 4 members (excludes halogenated alkanes) is 16. The number of hydrogen-bond acceptors (Lipinski definition) is 6. The summed E-state index contributed by atoms with van der Waals surface area (Å²) in [6, 6.07) is -0.811. The van der Waals surface area contributed by atoms with Crippen molar-refractivity contribution in [1.29, 1.82) is 0 Å². The molecule has 0 rings (SSSR count). The number of carbonyl (C=O) groups is 1. The van der Waals surface area contributed by atoms with Crippen LogP contribution >= 0.6 is 7.82 Å². The number of aliphatic hydroxyl groups is 1.